The van der Waals surface area contributed by atoms with Gasteiger partial charge in [0, 0.05) is 6.92 Å². The van der Waals surface area contributed by atoms with Crippen molar-refractivity contribution in [3.05, 3.63) is 29.3 Å². The zero-order valence-corrected chi connectivity index (χ0v) is 12.9. The summed E-state index contributed by atoms with van der Waals surface area (Å²) in [6.07, 6.45) is -1.14. The lowest BCUT2D eigenvalue weighted by Crippen LogP contribution is -2.48. The number of nitrogens with one attached hydrogen (secondary N) is 1. The van der Waals surface area contributed by atoms with Gasteiger partial charge in [-0.05, 0) is 31.5 Å². The van der Waals surface area contributed by atoms with E-state index in [4.69, 9.17) is 4.74 Å². The van der Waals surface area contributed by atoms with Gasteiger partial charge in [-0.2, -0.15) is 0 Å². The molecule has 2 N–H and O–H groups in total. The molecule has 120 valence electrons. The summed E-state index contributed by atoms with van der Waals surface area (Å²) in [6.45, 7) is 4.35. The topological polar surface area (TPSA) is 102 Å². The summed E-state index contributed by atoms with van der Waals surface area (Å²) in [7, 11) is 1.15. The molecule has 0 heterocycles. The second-order valence-electron chi connectivity index (χ2n) is 4.81. The average molecular weight is 309 g/mol. The van der Waals surface area contributed by atoms with Crippen LogP contribution in [0.25, 0.3) is 0 Å². The molecule has 0 aliphatic heterocycles. The van der Waals surface area contributed by atoms with E-state index in [1.807, 2.05) is 0 Å². The first-order chi connectivity index (χ1) is 10.3. The number of hydrogen-bond donors (Lipinski definition) is 2. The number of benzene rings is 1. The maximum Gasteiger partial charge on any atom is 0.331 e. The standard InChI is InChI=1S/C15H19NO6/c1-8-5-6-11(12(7-8)22-10(3)18)14(19)16-13(9(2)17)15(20)21-4/h5-7,9,13,17H,1-4H3,(H,16,19)/t9-,13+/m1/s1. The van der Waals surface area contributed by atoms with Crippen molar-refractivity contribution in [1.29, 1.82) is 0 Å². The lowest BCUT2D eigenvalue weighted by Gasteiger charge is -2.19. The summed E-state index contributed by atoms with van der Waals surface area (Å²) in [4.78, 5) is 34.9. The molecule has 0 spiro atoms. The summed E-state index contributed by atoms with van der Waals surface area (Å²) >= 11 is 0. The van der Waals surface area contributed by atoms with E-state index >= 15 is 0 Å². The minimum atomic E-state index is -1.22. The van der Waals surface area contributed by atoms with E-state index in [-0.39, 0.29) is 11.3 Å². The fourth-order valence-corrected chi connectivity index (χ4v) is 1.78. The highest BCUT2D eigenvalue weighted by molar-refractivity contribution is 5.99. The van der Waals surface area contributed by atoms with E-state index in [1.54, 1.807) is 13.0 Å². The van der Waals surface area contributed by atoms with E-state index in [0.717, 1.165) is 12.7 Å². The quantitative estimate of drug-likeness (QED) is 0.609. The van der Waals surface area contributed by atoms with Crippen LogP contribution >= 0.6 is 0 Å². The second-order valence-corrected chi connectivity index (χ2v) is 4.81. The zero-order valence-electron chi connectivity index (χ0n) is 12.9. The summed E-state index contributed by atoms with van der Waals surface area (Å²) in [5.74, 6) is -1.92. The van der Waals surface area contributed by atoms with Crippen LogP contribution in [0.3, 0.4) is 0 Å². The molecule has 1 rings (SSSR count). The van der Waals surface area contributed by atoms with Gasteiger partial charge in [-0.1, -0.05) is 6.07 Å². The molecule has 1 aromatic carbocycles. The Kier molecular flexibility index (Phi) is 6.06. The van der Waals surface area contributed by atoms with Gasteiger partial charge in [0.1, 0.15) is 5.75 Å². The van der Waals surface area contributed by atoms with Crippen molar-refractivity contribution in [2.24, 2.45) is 0 Å². The normalized spacial score (nSPS) is 13.0. The molecule has 1 amide bonds. The molecular formula is C15H19NO6. The number of aliphatic hydroxyl groups excluding tert-OH is 1. The molecule has 2 atom stereocenters. The fourth-order valence-electron chi connectivity index (χ4n) is 1.78. The third kappa shape index (κ3) is 4.56. The number of rotatable bonds is 5. The Morgan fingerprint density at radius 2 is 1.91 bits per heavy atom. The van der Waals surface area contributed by atoms with Crippen LogP contribution in [0.5, 0.6) is 5.75 Å². The Hall–Kier alpha value is -2.41. The van der Waals surface area contributed by atoms with Gasteiger partial charge in [0.05, 0.1) is 18.8 Å². The summed E-state index contributed by atoms with van der Waals surface area (Å²) in [5.41, 5.74) is 0.878. The minimum absolute atomic E-state index is 0.0790. The van der Waals surface area contributed by atoms with Gasteiger partial charge in [-0.3, -0.25) is 9.59 Å². The Balaban J connectivity index is 3.06. The molecule has 0 unspecified atom stereocenters. The van der Waals surface area contributed by atoms with Crippen LogP contribution in [-0.4, -0.2) is 42.2 Å². The second kappa shape index (κ2) is 7.56. The van der Waals surface area contributed by atoms with Crippen molar-refractivity contribution in [2.75, 3.05) is 7.11 Å². The van der Waals surface area contributed by atoms with E-state index in [9.17, 15) is 19.5 Å². The predicted octanol–water partition coefficient (Wildman–Crippen LogP) is 0.573. The molecule has 0 fully saturated rings. The number of carbonyl (C=O) groups is 3. The third-order valence-corrected chi connectivity index (χ3v) is 2.86. The SMILES string of the molecule is COC(=O)[C@@H](NC(=O)c1ccc(C)cc1OC(C)=O)[C@@H](C)O. The first-order valence-electron chi connectivity index (χ1n) is 6.62. The highest BCUT2D eigenvalue weighted by atomic mass is 16.5. The molecule has 0 radical (unpaired) electrons. The van der Waals surface area contributed by atoms with E-state index in [0.29, 0.717) is 0 Å². The molecule has 7 nitrogen and oxygen atoms in total. The fraction of sp³-hybridized carbons (Fsp3) is 0.400. The van der Waals surface area contributed by atoms with Crippen LogP contribution in [0.2, 0.25) is 0 Å². The molecule has 0 saturated heterocycles. The Morgan fingerprint density at radius 1 is 1.27 bits per heavy atom. The van der Waals surface area contributed by atoms with Crippen LogP contribution in [-0.2, 0) is 14.3 Å². The average Bonchev–Trinajstić information content (AvgIpc) is 2.42. The maximum atomic E-state index is 12.3. The number of ether oxygens (including phenoxy) is 2. The lowest BCUT2D eigenvalue weighted by molar-refractivity contribution is -0.145. The molecule has 1 aromatic rings. The molecular weight excluding hydrogens is 290 g/mol. The number of amides is 1. The Labute approximate surface area is 128 Å². The maximum absolute atomic E-state index is 12.3. The summed E-state index contributed by atoms with van der Waals surface area (Å²) < 4.78 is 9.52. The highest BCUT2D eigenvalue weighted by Gasteiger charge is 2.28. The zero-order chi connectivity index (χ0) is 16.9. The van der Waals surface area contributed by atoms with Gasteiger partial charge < -0.3 is 19.9 Å². The molecule has 22 heavy (non-hydrogen) atoms. The largest absolute Gasteiger partial charge is 0.467 e. The minimum Gasteiger partial charge on any atom is -0.467 e. The Bertz CT molecular complexity index is 581. The van der Waals surface area contributed by atoms with Gasteiger partial charge >= 0.3 is 11.9 Å². The molecule has 0 aliphatic rings. The van der Waals surface area contributed by atoms with E-state index < -0.39 is 30.0 Å². The van der Waals surface area contributed by atoms with Crippen LogP contribution in [0.15, 0.2) is 18.2 Å². The van der Waals surface area contributed by atoms with Crippen molar-refractivity contribution in [1.82, 2.24) is 5.32 Å². The van der Waals surface area contributed by atoms with Gasteiger partial charge in [0.25, 0.3) is 5.91 Å². The molecule has 0 bridgehead atoms. The van der Waals surface area contributed by atoms with Crippen LogP contribution in [0, 0.1) is 6.92 Å². The van der Waals surface area contributed by atoms with Crippen LogP contribution < -0.4 is 10.1 Å². The van der Waals surface area contributed by atoms with E-state index in [1.165, 1.54) is 26.0 Å². The summed E-state index contributed by atoms with van der Waals surface area (Å²) in [6, 6.07) is 3.45. The van der Waals surface area contributed by atoms with Crippen molar-refractivity contribution >= 4 is 17.8 Å². The first kappa shape index (κ1) is 17.6. The smallest absolute Gasteiger partial charge is 0.331 e. The number of hydrogen-bond acceptors (Lipinski definition) is 6. The van der Waals surface area contributed by atoms with E-state index in [2.05, 4.69) is 10.1 Å². The van der Waals surface area contributed by atoms with Gasteiger partial charge in [0.2, 0.25) is 0 Å². The number of esters is 2. The number of aryl methyl sites for hydroxylation is 1. The number of methoxy groups -OCH3 is 1. The molecule has 0 saturated carbocycles. The monoisotopic (exact) mass is 309 g/mol. The molecule has 7 heteroatoms. The number of carbonyl (C=O) groups excluding carboxylic acids is 3. The lowest BCUT2D eigenvalue weighted by atomic mass is 10.1. The number of aliphatic hydroxyl groups is 1. The van der Waals surface area contributed by atoms with Gasteiger partial charge in [-0.25, -0.2) is 4.79 Å². The van der Waals surface area contributed by atoms with Crippen LogP contribution in [0.1, 0.15) is 29.8 Å². The van der Waals surface area contributed by atoms with Crippen molar-refractivity contribution in [2.45, 2.75) is 32.9 Å². The van der Waals surface area contributed by atoms with Crippen molar-refractivity contribution < 1.29 is 29.0 Å². The van der Waals surface area contributed by atoms with Crippen molar-refractivity contribution in [3.8, 4) is 5.75 Å². The van der Waals surface area contributed by atoms with Gasteiger partial charge in [0.15, 0.2) is 6.04 Å². The predicted molar refractivity (Wildman–Crippen MR) is 77.4 cm³/mol. The third-order valence-electron chi connectivity index (χ3n) is 2.86. The summed E-state index contributed by atoms with van der Waals surface area (Å²) in [5, 5.41) is 11.9. The van der Waals surface area contributed by atoms with Gasteiger partial charge in [-0.15, -0.1) is 0 Å². The Morgan fingerprint density at radius 3 is 2.41 bits per heavy atom. The first-order valence-corrected chi connectivity index (χ1v) is 6.62. The highest BCUT2D eigenvalue weighted by Crippen LogP contribution is 2.21. The van der Waals surface area contributed by atoms with Crippen molar-refractivity contribution in [3.63, 3.8) is 0 Å². The molecule has 0 aliphatic carbocycles. The van der Waals surface area contributed by atoms with Crippen LogP contribution in [0.4, 0.5) is 0 Å². The molecule has 0 aromatic heterocycles.